The average molecular weight is 315 g/mol. The predicted molar refractivity (Wildman–Crippen MR) is 90.5 cm³/mol. The minimum atomic E-state index is -0.299. The van der Waals surface area contributed by atoms with E-state index in [9.17, 15) is 9.59 Å². The number of rotatable bonds is 3. The molecule has 0 saturated carbocycles. The zero-order valence-electron chi connectivity index (χ0n) is 12.7. The molecule has 4 nitrogen and oxygen atoms in total. The van der Waals surface area contributed by atoms with E-state index in [1.807, 2.05) is 30.3 Å². The summed E-state index contributed by atoms with van der Waals surface area (Å²) in [6.07, 6.45) is 0. The Kier molecular flexibility index (Phi) is 3.35. The van der Waals surface area contributed by atoms with Crippen LogP contribution in [0, 0.1) is 0 Å². The van der Waals surface area contributed by atoms with Gasteiger partial charge in [0.2, 0.25) is 0 Å². The van der Waals surface area contributed by atoms with E-state index in [2.05, 4.69) is 0 Å². The quantitative estimate of drug-likeness (QED) is 0.678. The molecule has 116 valence electrons. The summed E-state index contributed by atoms with van der Waals surface area (Å²) in [4.78, 5) is 26.1. The van der Waals surface area contributed by atoms with Gasteiger partial charge in [-0.25, -0.2) is 4.90 Å². The van der Waals surface area contributed by atoms with E-state index >= 15 is 0 Å². The molecule has 2 amide bonds. The maximum atomic E-state index is 12.5. The summed E-state index contributed by atoms with van der Waals surface area (Å²) in [7, 11) is 0. The first kappa shape index (κ1) is 14.2. The van der Waals surface area contributed by atoms with Crippen molar-refractivity contribution in [2.75, 3.05) is 4.90 Å². The number of carbonyl (C=O) groups is 2. The first-order chi connectivity index (χ1) is 11.7. The molecule has 4 rings (SSSR count). The Morgan fingerprint density at radius 1 is 0.583 bits per heavy atom. The summed E-state index contributed by atoms with van der Waals surface area (Å²) >= 11 is 0. The van der Waals surface area contributed by atoms with Crippen LogP contribution in [-0.4, -0.2) is 11.8 Å². The van der Waals surface area contributed by atoms with Gasteiger partial charge >= 0.3 is 0 Å². The minimum Gasteiger partial charge on any atom is -0.457 e. The normalized spacial score (nSPS) is 13.1. The van der Waals surface area contributed by atoms with Crippen LogP contribution >= 0.6 is 0 Å². The van der Waals surface area contributed by atoms with Crippen LogP contribution in [0.4, 0.5) is 5.69 Å². The molecule has 1 heterocycles. The smallest absolute Gasteiger partial charge is 0.266 e. The maximum absolute atomic E-state index is 12.5. The molecule has 4 heteroatoms. The van der Waals surface area contributed by atoms with Crippen molar-refractivity contribution < 1.29 is 14.3 Å². The van der Waals surface area contributed by atoms with Crippen LogP contribution in [-0.2, 0) is 0 Å². The Balaban J connectivity index is 1.60. The largest absolute Gasteiger partial charge is 0.457 e. The van der Waals surface area contributed by atoms with Crippen LogP contribution in [0.1, 0.15) is 20.7 Å². The van der Waals surface area contributed by atoms with Crippen LogP contribution in [0.5, 0.6) is 11.5 Å². The number of para-hydroxylation sites is 1. The van der Waals surface area contributed by atoms with Gasteiger partial charge in [-0.1, -0.05) is 30.3 Å². The highest BCUT2D eigenvalue weighted by atomic mass is 16.5. The molecule has 0 saturated heterocycles. The van der Waals surface area contributed by atoms with E-state index in [-0.39, 0.29) is 11.8 Å². The van der Waals surface area contributed by atoms with Crippen LogP contribution in [0.3, 0.4) is 0 Å². The molecule has 0 atom stereocenters. The van der Waals surface area contributed by atoms with Crippen molar-refractivity contribution in [1.29, 1.82) is 0 Å². The number of anilines is 1. The third-order valence-electron chi connectivity index (χ3n) is 3.87. The van der Waals surface area contributed by atoms with Crippen molar-refractivity contribution in [3.63, 3.8) is 0 Å². The van der Waals surface area contributed by atoms with Crippen molar-refractivity contribution in [2.45, 2.75) is 0 Å². The van der Waals surface area contributed by atoms with E-state index in [0.717, 1.165) is 5.75 Å². The van der Waals surface area contributed by atoms with Gasteiger partial charge in [-0.3, -0.25) is 9.59 Å². The van der Waals surface area contributed by atoms with E-state index in [1.54, 1.807) is 48.5 Å². The minimum absolute atomic E-state index is 0.299. The zero-order valence-corrected chi connectivity index (χ0v) is 12.7. The number of nitrogens with zero attached hydrogens (tertiary/aromatic N) is 1. The first-order valence-corrected chi connectivity index (χ1v) is 7.55. The summed E-state index contributed by atoms with van der Waals surface area (Å²) < 4.78 is 5.72. The van der Waals surface area contributed by atoms with Crippen molar-refractivity contribution in [3.05, 3.63) is 90.0 Å². The number of benzene rings is 3. The Hall–Kier alpha value is -3.40. The van der Waals surface area contributed by atoms with Crippen molar-refractivity contribution in [2.24, 2.45) is 0 Å². The van der Waals surface area contributed by atoms with Gasteiger partial charge in [0.15, 0.2) is 0 Å². The number of hydrogen-bond donors (Lipinski definition) is 0. The summed E-state index contributed by atoms with van der Waals surface area (Å²) in [6, 6.07) is 23.2. The summed E-state index contributed by atoms with van der Waals surface area (Å²) in [5, 5.41) is 0. The van der Waals surface area contributed by atoms with E-state index in [1.165, 1.54) is 4.90 Å². The van der Waals surface area contributed by atoms with Gasteiger partial charge in [0, 0.05) is 0 Å². The topological polar surface area (TPSA) is 46.6 Å². The SMILES string of the molecule is O=C1c2ccccc2C(=O)N1c1ccc(Oc2ccccc2)cc1. The van der Waals surface area contributed by atoms with Crippen LogP contribution < -0.4 is 9.64 Å². The average Bonchev–Trinajstić information content (AvgIpc) is 2.88. The third kappa shape index (κ3) is 2.34. The molecule has 0 radical (unpaired) electrons. The second kappa shape index (κ2) is 5.66. The molecule has 0 aliphatic carbocycles. The van der Waals surface area contributed by atoms with Gasteiger partial charge in [0.25, 0.3) is 11.8 Å². The Bertz CT molecular complexity index is 882. The second-order valence-corrected chi connectivity index (χ2v) is 5.40. The van der Waals surface area contributed by atoms with Crippen molar-refractivity contribution >= 4 is 17.5 Å². The van der Waals surface area contributed by atoms with E-state index < -0.39 is 0 Å². The number of fused-ring (bicyclic) bond motifs is 1. The van der Waals surface area contributed by atoms with Crippen LogP contribution in [0.25, 0.3) is 0 Å². The lowest BCUT2D eigenvalue weighted by molar-refractivity contribution is 0.0926. The molecule has 3 aromatic rings. The summed E-state index contributed by atoms with van der Waals surface area (Å²) in [5.41, 5.74) is 1.40. The molecule has 1 aliphatic heterocycles. The van der Waals surface area contributed by atoms with Gasteiger partial charge in [0.1, 0.15) is 11.5 Å². The second-order valence-electron chi connectivity index (χ2n) is 5.40. The van der Waals surface area contributed by atoms with E-state index in [4.69, 9.17) is 4.74 Å². The molecule has 3 aromatic carbocycles. The van der Waals surface area contributed by atoms with Gasteiger partial charge in [-0.05, 0) is 48.5 Å². The monoisotopic (exact) mass is 315 g/mol. The molecular weight excluding hydrogens is 302 g/mol. The van der Waals surface area contributed by atoms with Crippen LogP contribution in [0.2, 0.25) is 0 Å². The molecule has 0 fully saturated rings. The van der Waals surface area contributed by atoms with Gasteiger partial charge in [-0.15, -0.1) is 0 Å². The number of hydrogen-bond acceptors (Lipinski definition) is 3. The maximum Gasteiger partial charge on any atom is 0.266 e. The fourth-order valence-electron chi connectivity index (χ4n) is 2.71. The highest BCUT2D eigenvalue weighted by Crippen LogP contribution is 2.30. The predicted octanol–water partition coefficient (Wildman–Crippen LogP) is 4.28. The molecule has 0 spiro atoms. The third-order valence-corrected chi connectivity index (χ3v) is 3.87. The molecule has 0 unspecified atom stereocenters. The van der Waals surface area contributed by atoms with Gasteiger partial charge in [0.05, 0.1) is 16.8 Å². The fourth-order valence-corrected chi connectivity index (χ4v) is 2.71. The lowest BCUT2D eigenvalue weighted by Gasteiger charge is -2.14. The number of carbonyl (C=O) groups excluding carboxylic acids is 2. The van der Waals surface area contributed by atoms with Crippen LogP contribution in [0.15, 0.2) is 78.9 Å². The first-order valence-electron chi connectivity index (χ1n) is 7.55. The lowest BCUT2D eigenvalue weighted by Crippen LogP contribution is -2.29. The Labute approximate surface area is 138 Å². The Morgan fingerprint density at radius 3 is 1.67 bits per heavy atom. The Morgan fingerprint density at radius 2 is 1.08 bits per heavy atom. The molecule has 24 heavy (non-hydrogen) atoms. The van der Waals surface area contributed by atoms with Crippen molar-refractivity contribution in [1.82, 2.24) is 0 Å². The number of ether oxygens (including phenoxy) is 1. The van der Waals surface area contributed by atoms with Gasteiger partial charge in [-0.2, -0.15) is 0 Å². The molecule has 1 aliphatic rings. The zero-order chi connectivity index (χ0) is 16.5. The standard InChI is InChI=1S/C20H13NO3/c22-19-17-8-4-5-9-18(17)20(23)21(19)14-10-12-16(13-11-14)24-15-6-2-1-3-7-15/h1-13H. The summed E-state index contributed by atoms with van der Waals surface area (Å²) in [6.45, 7) is 0. The highest BCUT2D eigenvalue weighted by Gasteiger charge is 2.36. The molecule has 0 bridgehead atoms. The van der Waals surface area contributed by atoms with Crippen molar-refractivity contribution in [3.8, 4) is 11.5 Å². The number of imide groups is 1. The van der Waals surface area contributed by atoms with E-state index in [0.29, 0.717) is 22.6 Å². The molecule has 0 N–H and O–H groups in total. The highest BCUT2D eigenvalue weighted by molar-refractivity contribution is 6.34. The number of amides is 2. The molecular formula is C20H13NO3. The fraction of sp³-hybridized carbons (Fsp3) is 0. The summed E-state index contributed by atoms with van der Waals surface area (Å²) in [5.74, 6) is 0.771. The molecule has 0 aromatic heterocycles. The lowest BCUT2D eigenvalue weighted by atomic mass is 10.1. The van der Waals surface area contributed by atoms with Gasteiger partial charge < -0.3 is 4.74 Å².